The fourth-order valence-corrected chi connectivity index (χ4v) is 6.06. The Bertz CT molecular complexity index is 1230. The molecule has 0 bridgehead atoms. The van der Waals surface area contributed by atoms with Crippen molar-refractivity contribution in [3.63, 3.8) is 0 Å². The predicted octanol–water partition coefficient (Wildman–Crippen LogP) is 2.49. The van der Waals surface area contributed by atoms with E-state index in [-0.39, 0.29) is 17.7 Å². The third kappa shape index (κ3) is 2.38. The molecule has 5 rings (SSSR count). The summed E-state index contributed by atoms with van der Waals surface area (Å²) in [6, 6.07) is 10.2. The number of halogens is 3. The number of likely N-dealkylation sites (N-methyl/N-ethyl adjacent to an activating group) is 2. The molecule has 178 valence electrons. The number of para-hydroxylation sites is 2. The highest BCUT2D eigenvalue weighted by Crippen LogP contribution is 2.65. The van der Waals surface area contributed by atoms with Crippen molar-refractivity contribution in [2.45, 2.75) is 30.1 Å². The molecule has 2 amide bonds. The number of carbonyl (C=O) groups is 3. The summed E-state index contributed by atoms with van der Waals surface area (Å²) < 4.78 is 48.8. The zero-order valence-corrected chi connectivity index (χ0v) is 18.6. The molecule has 34 heavy (non-hydrogen) atoms. The lowest BCUT2D eigenvalue weighted by Gasteiger charge is -2.40. The van der Waals surface area contributed by atoms with Crippen molar-refractivity contribution >= 4 is 29.2 Å². The molecule has 3 aliphatic rings. The van der Waals surface area contributed by atoms with Gasteiger partial charge in [-0.3, -0.25) is 19.7 Å². The van der Waals surface area contributed by atoms with Crippen LogP contribution < -0.4 is 15.1 Å². The number of nitrogens with one attached hydrogen (secondary N) is 1. The quantitative estimate of drug-likeness (QED) is 0.679. The zero-order chi connectivity index (χ0) is 24.6. The number of ether oxygens (including phenoxy) is 1. The molecule has 0 aromatic heterocycles. The van der Waals surface area contributed by atoms with Gasteiger partial charge in [0.15, 0.2) is 0 Å². The SMILES string of the molecule is CCOC(=O)[C@H]1[C@H](C(F)(F)F)N[C@@]2(C(=O)N(C)c3ccccc32)[C@]12C(=O)N(C)c1ccccc12. The average Bonchev–Trinajstić information content (AvgIpc) is 3.34. The first-order valence-corrected chi connectivity index (χ1v) is 10.8. The Morgan fingerprint density at radius 3 is 2.09 bits per heavy atom. The highest BCUT2D eigenvalue weighted by molar-refractivity contribution is 6.20. The van der Waals surface area contributed by atoms with Crippen LogP contribution in [0.25, 0.3) is 0 Å². The van der Waals surface area contributed by atoms with E-state index in [1.165, 1.54) is 43.0 Å². The average molecular weight is 473 g/mol. The van der Waals surface area contributed by atoms with E-state index in [1.807, 2.05) is 0 Å². The highest BCUT2D eigenvalue weighted by atomic mass is 19.4. The number of hydrogen-bond donors (Lipinski definition) is 1. The molecule has 1 saturated heterocycles. The first kappa shape index (κ1) is 22.4. The number of fused-ring (bicyclic) bond motifs is 5. The molecule has 0 saturated carbocycles. The second kappa shape index (κ2) is 7.05. The van der Waals surface area contributed by atoms with E-state index < -0.39 is 46.9 Å². The van der Waals surface area contributed by atoms with Crippen LogP contribution in [0.15, 0.2) is 48.5 Å². The van der Waals surface area contributed by atoms with Gasteiger partial charge in [-0.05, 0) is 24.6 Å². The van der Waals surface area contributed by atoms with E-state index in [1.54, 1.807) is 36.4 Å². The summed E-state index contributed by atoms with van der Waals surface area (Å²) in [4.78, 5) is 43.9. The van der Waals surface area contributed by atoms with Crippen LogP contribution in [0.1, 0.15) is 18.1 Å². The summed E-state index contributed by atoms with van der Waals surface area (Å²) in [6.45, 7) is 1.30. The first-order chi connectivity index (χ1) is 16.0. The molecular formula is C24H22F3N3O4. The molecule has 0 unspecified atom stereocenters. The lowest BCUT2D eigenvalue weighted by atomic mass is 9.59. The van der Waals surface area contributed by atoms with Crippen molar-refractivity contribution in [3.05, 3.63) is 59.7 Å². The molecule has 2 spiro atoms. The fraction of sp³-hybridized carbons (Fsp3) is 0.375. The molecule has 4 atom stereocenters. The van der Waals surface area contributed by atoms with Crippen molar-refractivity contribution in [2.75, 3.05) is 30.5 Å². The number of nitrogens with zero attached hydrogens (tertiary/aromatic N) is 2. The minimum Gasteiger partial charge on any atom is -0.466 e. The maximum Gasteiger partial charge on any atom is 0.404 e. The van der Waals surface area contributed by atoms with Gasteiger partial charge in [0.1, 0.15) is 22.9 Å². The lowest BCUT2D eigenvalue weighted by molar-refractivity contribution is -0.179. The molecule has 2 aromatic rings. The zero-order valence-electron chi connectivity index (χ0n) is 18.6. The number of rotatable bonds is 2. The Labute approximate surface area is 193 Å². The molecule has 1 N–H and O–H groups in total. The third-order valence-corrected chi connectivity index (χ3v) is 7.28. The van der Waals surface area contributed by atoms with Crippen LogP contribution in [-0.2, 0) is 30.1 Å². The van der Waals surface area contributed by atoms with E-state index in [0.717, 1.165) is 0 Å². The van der Waals surface area contributed by atoms with E-state index in [2.05, 4.69) is 5.32 Å². The smallest absolute Gasteiger partial charge is 0.404 e. The number of carbonyl (C=O) groups excluding carboxylic acids is 3. The van der Waals surface area contributed by atoms with Crippen molar-refractivity contribution in [3.8, 4) is 0 Å². The topological polar surface area (TPSA) is 79.0 Å². The Morgan fingerprint density at radius 1 is 0.971 bits per heavy atom. The van der Waals surface area contributed by atoms with Gasteiger partial charge in [0.2, 0.25) is 5.91 Å². The Balaban J connectivity index is 1.95. The first-order valence-electron chi connectivity index (χ1n) is 10.8. The Morgan fingerprint density at radius 2 is 1.50 bits per heavy atom. The second-order valence-corrected chi connectivity index (χ2v) is 8.71. The van der Waals surface area contributed by atoms with Crippen LogP contribution in [0.2, 0.25) is 0 Å². The highest BCUT2D eigenvalue weighted by Gasteiger charge is 2.82. The summed E-state index contributed by atoms with van der Waals surface area (Å²) >= 11 is 0. The fourth-order valence-electron chi connectivity index (χ4n) is 6.06. The van der Waals surface area contributed by atoms with Gasteiger partial charge in [-0.1, -0.05) is 36.4 Å². The summed E-state index contributed by atoms with van der Waals surface area (Å²) in [5.74, 6) is -4.74. The maximum atomic E-state index is 14.6. The van der Waals surface area contributed by atoms with Gasteiger partial charge in [0.25, 0.3) is 5.91 Å². The van der Waals surface area contributed by atoms with E-state index in [4.69, 9.17) is 4.74 Å². The molecule has 10 heteroatoms. The van der Waals surface area contributed by atoms with Gasteiger partial charge >= 0.3 is 12.1 Å². The summed E-state index contributed by atoms with van der Waals surface area (Å²) in [5.41, 5.74) is -3.30. The predicted molar refractivity (Wildman–Crippen MR) is 116 cm³/mol. The number of anilines is 2. The molecular weight excluding hydrogens is 451 g/mol. The van der Waals surface area contributed by atoms with Crippen LogP contribution in [0.3, 0.4) is 0 Å². The molecule has 2 aromatic carbocycles. The van der Waals surface area contributed by atoms with Crippen LogP contribution in [-0.4, -0.2) is 50.7 Å². The number of amides is 2. The monoisotopic (exact) mass is 473 g/mol. The molecule has 1 fully saturated rings. The maximum absolute atomic E-state index is 14.6. The summed E-state index contributed by atoms with van der Waals surface area (Å²) in [5, 5.41) is 2.49. The molecule has 3 aliphatic heterocycles. The van der Waals surface area contributed by atoms with Crippen molar-refractivity contribution in [1.82, 2.24) is 5.32 Å². The summed E-state index contributed by atoms with van der Waals surface area (Å²) in [7, 11) is 2.88. The molecule has 7 nitrogen and oxygen atoms in total. The molecule has 3 heterocycles. The third-order valence-electron chi connectivity index (χ3n) is 7.28. The number of benzene rings is 2. The Kier molecular flexibility index (Phi) is 4.64. The number of esters is 1. The van der Waals surface area contributed by atoms with Crippen molar-refractivity contribution in [1.29, 1.82) is 0 Å². The van der Waals surface area contributed by atoms with Gasteiger partial charge in [0, 0.05) is 31.0 Å². The number of hydrogen-bond acceptors (Lipinski definition) is 5. The number of alkyl halides is 3. The van der Waals surface area contributed by atoms with Gasteiger partial charge in [-0.15, -0.1) is 0 Å². The summed E-state index contributed by atoms with van der Waals surface area (Å²) in [6.07, 6.45) is -4.96. The van der Waals surface area contributed by atoms with Crippen molar-refractivity contribution in [2.24, 2.45) is 5.92 Å². The molecule has 0 aliphatic carbocycles. The van der Waals surface area contributed by atoms with E-state index in [9.17, 15) is 27.6 Å². The molecule has 0 radical (unpaired) electrons. The van der Waals surface area contributed by atoms with E-state index >= 15 is 0 Å². The minimum atomic E-state index is -4.96. The van der Waals surface area contributed by atoms with Crippen LogP contribution in [0.5, 0.6) is 0 Å². The van der Waals surface area contributed by atoms with Crippen LogP contribution in [0, 0.1) is 5.92 Å². The van der Waals surface area contributed by atoms with E-state index in [0.29, 0.717) is 11.4 Å². The van der Waals surface area contributed by atoms with Crippen molar-refractivity contribution < 1.29 is 32.3 Å². The van der Waals surface area contributed by atoms with Gasteiger partial charge in [-0.2, -0.15) is 13.2 Å². The minimum absolute atomic E-state index is 0.179. The normalized spacial score (nSPS) is 29.8. The van der Waals surface area contributed by atoms with Gasteiger partial charge in [0.05, 0.1) is 6.61 Å². The second-order valence-electron chi connectivity index (χ2n) is 8.71. The van der Waals surface area contributed by atoms with Crippen LogP contribution >= 0.6 is 0 Å². The van der Waals surface area contributed by atoms with Gasteiger partial charge in [-0.25, -0.2) is 0 Å². The van der Waals surface area contributed by atoms with Gasteiger partial charge < -0.3 is 14.5 Å². The lowest BCUT2D eigenvalue weighted by Crippen LogP contribution is -2.63. The Hall–Kier alpha value is -3.40. The standard InChI is InChI=1S/C24H22F3N3O4/c1-4-34-19(31)17-18(24(25,26)27)28-23(14-10-6-8-12-16(14)30(3)21(23)33)22(17)13-9-5-7-11-15(13)29(2)20(22)32/h5-12,17-18,28H,4H2,1-3H3/t17-,18-,22+,23+/m1/s1. The van der Waals surface area contributed by atoms with Crippen LogP contribution in [0.4, 0.5) is 24.5 Å². The largest absolute Gasteiger partial charge is 0.466 e.